The summed E-state index contributed by atoms with van der Waals surface area (Å²) in [6, 6.07) is 13.0. The molecule has 2 N–H and O–H groups in total. The van der Waals surface area contributed by atoms with Crippen molar-refractivity contribution >= 4 is 17.5 Å². The molecule has 1 heterocycles. The third-order valence-electron chi connectivity index (χ3n) is 4.38. The van der Waals surface area contributed by atoms with Crippen LogP contribution in [0, 0.1) is 0 Å². The Hall–Kier alpha value is -3.02. The van der Waals surface area contributed by atoms with Crippen LogP contribution in [0.15, 0.2) is 42.5 Å². The molecule has 6 nitrogen and oxygen atoms in total. The number of amides is 2. The summed E-state index contributed by atoms with van der Waals surface area (Å²) in [5.41, 5.74) is 2.15. The van der Waals surface area contributed by atoms with Crippen LogP contribution in [0.5, 0.6) is 11.5 Å². The number of hydrogen-bond donors (Lipinski definition) is 2. The summed E-state index contributed by atoms with van der Waals surface area (Å²) in [5.74, 6) is 1.15. The number of nitrogens with one attached hydrogen (secondary N) is 2. The van der Waals surface area contributed by atoms with Gasteiger partial charge < -0.3 is 20.1 Å². The van der Waals surface area contributed by atoms with Crippen LogP contribution in [0.25, 0.3) is 0 Å². The zero-order chi connectivity index (χ0) is 19.4. The van der Waals surface area contributed by atoms with E-state index in [0.29, 0.717) is 36.1 Å². The Morgan fingerprint density at radius 3 is 2.67 bits per heavy atom. The third-order valence-corrected chi connectivity index (χ3v) is 4.38. The van der Waals surface area contributed by atoms with Crippen LogP contribution in [0.3, 0.4) is 0 Å². The summed E-state index contributed by atoms with van der Waals surface area (Å²) >= 11 is 0. The van der Waals surface area contributed by atoms with E-state index < -0.39 is 6.10 Å². The second-order valence-corrected chi connectivity index (χ2v) is 6.76. The average Bonchev–Trinajstić information content (AvgIpc) is 2.66. The number of para-hydroxylation sites is 1. The molecule has 2 amide bonds. The first kappa shape index (κ1) is 18.8. The highest BCUT2D eigenvalue weighted by Crippen LogP contribution is 2.33. The predicted molar refractivity (Wildman–Crippen MR) is 104 cm³/mol. The Labute approximate surface area is 158 Å². The van der Waals surface area contributed by atoms with Crippen LogP contribution in [0.2, 0.25) is 0 Å². The molecule has 142 valence electrons. The van der Waals surface area contributed by atoms with Gasteiger partial charge in [0.05, 0.1) is 17.8 Å². The molecule has 0 saturated carbocycles. The largest absolute Gasteiger partial charge is 0.492 e. The maximum Gasteiger partial charge on any atom is 0.265 e. The summed E-state index contributed by atoms with van der Waals surface area (Å²) in [6.07, 6.45) is -0.636. The zero-order valence-electron chi connectivity index (χ0n) is 15.7. The predicted octanol–water partition coefficient (Wildman–Crippen LogP) is 3.34. The maximum absolute atomic E-state index is 12.5. The SMILES string of the molecule is CC1Oc2c(cccc2C(=O)NCCOc2ccc(C(C)C)cc2)NC1=O. The van der Waals surface area contributed by atoms with Crippen molar-refractivity contribution in [1.29, 1.82) is 0 Å². The van der Waals surface area contributed by atoms with Gasteiger partial charge in [-0.15, -0.1) is 0 Å². The van der Waals surface area contributed by atoms with E-state index in [0.717, 1.165) is 5.75 Å². The fourth-order valence-electron chi connectivity index (χ4n) is 2.78. The molecule has 1 aliphatic rings. The van der Waals surface area contributed by atoms with E-state index in [1.54, 1.807) is 25.1 Å². The van der Waals surface area contributed by atoms with Crippen molar-refractivity contribution in [1.82, 2.24) is 5.32 Å². The van der Waals surface area contributed by atoms with Crippen molar-refractivity contribution in [2.24, 2.45) is 0 Å². The van der Waals surface area contributed by atoms with Gasteiger partial charge in [0, 0.05) is 0 Å². The molecule has 2 aromatic carbocycles. The van der Waals surface area contributed by atoms with Gasteiger partial charge >= 0.3 is 0 Å². The summed E-state index contributed by atoms with van der Waals surface area (Å²) in [4.78, 5) is 24.2. The van der Waals surface area contributed by atoms with Crippen molar-refractivity contribution in [3.8, 4) is 11.5 Å². The first-order valence-electron chi connectivity index (χ1n) is 9.07. The smallest absolute Gasteiger partial charge is 0.265 e. The number of carbonyl (C=O) groups excluding carboxylic acids is 2. The summed E-state index contributed by atoms with van der Waals surface area (Å²) in [7, 11) is 0. The third kappa shape index (κ3) is 4.39. The molecule has 0 spiro atoms. The number of fused-ring (bicyclic) bond motifs is 1. The Balaban J connectivity index is 1.54. The molecule has 0 bridgehead atoms. The lowest BCUT2D eigenvalue weighted by atomic mass is 10.0. The molecule has 0 radical (unpaired) electrons. The van der Waals surface area contributed by atoms with Crippen LogP contribution in [-0.4, -0.2) is 31.1 Å². The Morgan fingerprint density at radius 1 is 1.22 bits per heavy atom. The van der Waals surface area contributed by atoms with E-state index in [1.807, 2.05) is 24.3 Å². The first-order chi connectivity index (χ1) is 13.0. The lowest BCUT2D eigenvalue weighted by Crippen LogP contribution is -2.36. The van der Waals surface area contributed by atoms with E-state index >= 15 is 0 Å². The minimum absolute atomic E-state index is 0.225. The second-order valence-electron chi connectivity index (χ2n) is 6.76. The number of ether oxygens (including phenoxy) is 2. The number of anilines is 1. The van der Waals surface area contributed by atoms with Crippen molar-refractivity contribution in [3.05, 3.63) is 53.6 Å². The molecule has 3 rings (SSSR count). The fourth-order valence-corrected chi connectivity index (χ4v) is 2.78. The Bertz CT molecular complexity index is 831. The van der Waals surface area contributed by atoms with Crippen LogP contribution in [0.4, 0.5) is 5.69 Å². The van der Waals surface area contributed by atoms with Gasteiger partial charge in [-0.25, -0.2) is 0 Å². The quantitative estimate of drug-likeness (QED) is 0.767. The van der Waals surface area contributed by atoms with Gasteiger partial charge in [0.1, 0.15) is 12.4 Å². The summed E-state index contributed by atoms with van der Waals surface area (Å²) in [6.45, 7) is 6.64. The van der Waals surface area contributed by atoms with E-state index in [-0.39, 0.29) is 11.8 Å². The van der Waals surface area contributed by atoms with Crippen molar-refractivity contribution in [2.45, 2.75) is 32.8 Å². The fraction of sp³-hybridized carbons (Fsp3) is 0.333. The highest BCUT2D eigenvalue weighted by atomic mass is 16.5. The van der Waals surface area contributed by atoms with E-state index in [1.165, 1.54) is 5.56 Å². The lowest BCUT2D eigenvalue weighted by Gasteiger charge is -2.25. The van der Waals surface area contributed by atoms with E-state index in [2.05, 4.69) is 24.5 Å². The van der Waals surface area contributed by atoms with Gasteiger partial charge in [0.2, 0.25) is 0 Å². The minimum atomic E-state index is -0.636. The summed E-state index contributed by atoms with van der Waals surface area (Å²) in [5, 5.41) is 5.56. The first-order valence-corrected chi connectivity index (χ1v) is 9.07. The standard InChI is InChI=1S/C21H24N2O4/c1-13(2)15-7-9-16(10-8-15)26-12-11-22-21(25)17-5-4-6-18-19(17)27-14(3)20(24)23-18/h4-10,13-14H,11-12H2,1-3H3,(H,22,25)(H,23,24). The molecule has 0 fully saturated rings. The number of benzene rings is 2. The Kier molecular flexibility index (Phi) is 5.64. The van der Waals surface area contributed by atoms with Crippen molar-refractivity contribution in [2.75, 3.05) is 18.5 Å². The number of rotatable bonds is 6. The molecule has 2 aromatic rings. The van der Waals surface area contributed by atoms with Crippen LogP contribution in [-0.2, 0) is 4.79 Å². The van der Waals surface area contributed by atoms with Crippen molar-refractivity contribution in [3.63, 3.8) is 0 Å². The molecule has 0 aliphatic carbocycles. The molecule has 6 heteroatoms. The normalized spacial score (nSPS) is 15.6. The molecule has 0 aromatic heterocycles. The molecule has 1 aliphatic heterocycles. The van der Waals surface area contributed by atoms with Gasteiger partial charge in [-0.2, -0.15) is 0 Å². The van der Waals surface area contributed by atoms with E-state index in [9.17, 15) is 9.59 Å². The number of hydrogen-bond acceptors (Lipinski definition) is 4. The number of carbonyl (C=O) groups is 2. The topological polar surface area (TPSA) is 76.7 Å². The molecule has 1 atom stereocenters. The summed E-state index contributed by atoms with van der Waals surface area (Å²) < 4.78 is 11.3. The maximum atomic E-state index is 12.5. The highest BCUT2D eigenvalue weighted by Gasteiger charge is 2.27. The van der Waals surface area contributed by atoms with Crippen molar-refractivity contribution < 1.29 is 19.1 Å². The molecule has 1 unspecified atom stereocenters. The second kappa shape index (κ2) is 8.12. The Morgan fingerprint density at radius 2 is 1.96 bits per heavy atom. The van der Waals surface area contributed by atoms with Gasteiger partial charge in [-0.3, -0.25) is 9.59 Å². The monoisotopic (exact) mass is 368 g/mol. The van der Waals surface area contributed by atoms with E-state index in [4.69, 9.17) is 9.47 Å². The minimum Gasteiger partial charge on any atom is -0.492 e. The zero-order valence-corrected chi connectivity index (χ0v) is 15.7. The molecule has 27 heavy (non-hydrogen) atoms. The van der Waals surface area contributed by atoms with Crippen LogP contribution >= 0.6 is 0 Å². The van der Waals surface area contributed by atoms with Crippen LogP contribution in [0.1, 0.15) is 42.6 Å². The van der Waals surface area contributed by atoms with Gasteiger partial charge in [-0.1, -0.05) is 32.0 Å². The molecule has 0 saturated heterocycles. The molecular weight excluding hydrogens is 344 g/mol. The highest BCUT2D eigenvalue weighted by molar-refractivity contribution is 6.03. The van der Waals surface area contributed by atoms with Gasteiger partial charge in [0.25, 0.3) is 11.8 Å². The lowest BCUT2D eigenvalue weighted by molar-refractivity contribution is -0.122. The van der Waals surface area contributed by atoms with Gasteiger partial charge in [-0.05, 0) is 42.7 Å². The molecular formula is C21H24N2O4. The van der Waals surface area contributed by atoms with Crippen LogP contribution < -0.4 is 20.1 Å². The van der Waals surface area contributed by atoms with Gasteiger partial charge in [0.15, 0.2) is 11.9 Å². The average molecular weight is 368 g/mol.